The van der Waals surface area contributed by atoms with Gasteiger partial charge in [0.05, 0.1) is 10.7 Å². The van der Waals surface area contributed by atoms with Crippen LogP contribution in [0.5, 0.6) is 5.75 Å². The predicted molar refractivity (Wildman–Crippen MR) is 117 cm³/mol. The summed E-state index contributed by atoms with van der Waals surface area (Å²) in [7, 11) is 0. The first-order valence-electron chi connectivity index (χ1n) is 8.61. The van der Waals surface area contributed by atoms with Crippen LogP contribution in [0.1, 0.15) is 16.7 Å². The summed E-state index contributed by atoms with van der Waals surface area (Å²) in [6.45, 7) is 3.99. The van der Waals surface area contributed by atoms with Gasteiger partial charge in [0.2, 0.25) is 5.89 Å². The van der Waals surface area contributed by atoms with Crippen LogP contribution in [0.4, 0.5) is 5.69 Å². The first-order valence-corrected chi connectivity index (χ1v) is 9.78. The number of hydrogen-bond donors (Lipinski definition) is 1. The molecule has 140 valence electrons. The maximum absolute atomic E-state index is 10.1. The third kappa shape index (κ3) is 3.68. The number of phenolic OH excluding ortho intramolecular Hbond substituents is 1. The van der Waals surface area contributed by atoms with Crippen molar-refractivity contribution in [2.45, 2.75) is 13.8 Å². The number of aromatic hydroxyl groups is 1. The average Bonchev–Trinajstić information content (AvgIpc) is 3.07. The molecule has 0 aliphatic rings. The highest BCUT2D eigenvalue weighted by atomic mass is 79.9. The number of aromatic nitrogens is 1. The Labute approximate surface area is 175 Å². The van der Waals surface area contributed by atoms with Gasteiger partial charge in [-0.2, -0.15) is 0 Å². The molecule has 4 nitrogen and oxygen atoms in total. The topological polar surface area (TPSA) is 58.6 Å². The van der Waals surface area contributed by atoms with Crippen LogP contribution in [0.15, 0.2) is 62.4 Å². The van der Waals surface area contributed by atoms with E-state index in [0.717, 1.165) is 38.0 Å². The van der Waals surface area contributed by atoms with Crippen LogP contribution < -0.4 is 0 Å². The molecule has 3 aromatic carbocycles. The molecule has 0 unspecified atom stereocenters. The minimum absolute atomic E-state index is 0.00301. The quantitative estimate of drug-likeness (QED) is 0.339. The number of aryl methyl sites for hydroxylation is 2. The molecule has 0 aliphatic heterocycles. The van der Waals surface area contributed by atoms with E-state index in [-0.39, 0.29) is 10.8 Å². The minimum Gasteiger partial charge on any atom is -0.506 e. The fourth-order valence-corrected chi connectivity index (χ4v) is 3.69. The van der Waals surface area contributed by atoms with E-state index in [1.807, 2.05) is 50.2 Å². The molecular formula is C22H16BrClN2O2. The zero-order chi connectivity index (χ0) is 19.8. The zero-order valence-corrected chi connectivity index (χ0v) is 17.5. The van der Waals surface area contributed by atoms with E-state index in [4.69, 9.17) is 16.0 Å². The number of hydrogen-bond acceptors (Lipinski definition) is 4. The minimum atomic E-state index is -0.00301. The number of halogens is 2. The summed E-state index contributed by atoms with van der Waals surface area (Å²) in [4.78, 5) is 9.11. The van der Waals surface area contributed by atoms with E-state index in [0.29, 0.717) is 11.5 Å². The lowest BCUT2D eigenvalue weighted by atomic mass is 10.1. The summed E-state index contributed by atoms with van der Waals surface area (Å²) in [5, 5.41) is 10.4. The van der Waals surface area contributed by atoms with Crippen LogP contribution in [0.2, 0.25) is 5.02 Å². The van der Waals surface area contributed by atoms with E-state index < -0.39 is 0 Å². The molecule has 0 radical (unpaired) electrons. The first-order chi connectivity index (χ1) is 13.4. The number of oxazole rings is 1. The molecule has 4 aromatic rings. The van der Waals surface area contributed by atoms with E-state index in [2.05, 4.69) is 25.9 Å². The van der Waals surface area contributed by atoms with E-state index in [9.17, 15) is 5.11 Å². The highest BCUT2D eigenvalue weighted by Crippen LogP contribution is 2.32. The number of aliphatic imine (C=N–C) groups is 1. The highest BCUT2D eigenvalue weighted by molar-refractivity contribution is 9.10. The Kier molecular flexibility index (Phi) is 4.96. The van der Waals surface area contributed by atoms with E-state index in [1.54, 1.807) is 18.3 Å². The Morgan fingerprint density at radius 1 is 1.11 bits per heavy atom. The smallest absolute Gasteiger partial charge is 0.227 e. The molecule has 0 aliphatic carbocycles. The monoisotopic (exact) mass is 454 g/mol. The molecule has 0 amide bonds. The van der Waals surface area contributed by atoms with Gasteiger partial charge in [-0.1, -0.05) is 39.7 Å². The molecule has 0 saturated carbocycles. The summed E-state index contributed by atoms with van der Waals surface area (Å²) in [6.07, 6.45) is 1.59. The first kappa shape index (κ1) is 18.7. The van der Waals surface area contributed by atoms with Crippen LogP contribution in [0, 0.1) is 13.8 Å². The number of fused-ring (bicyclic) bond motifs is 1. The second-order valence-corrected chi connectivity index (χ2v) is 7.90. The van der Waals surface area contributed by atoms with Crippen molar-refractivity contribution in [2.24, 2.45) is 4.99 Å². The van der Waals surface area contributed by atoms with Crippen LogP contribution in [-0.2, 0) is 0 Å². The van der Waals surface area contributed by atoms with Crippen LogP contribution in [0.25, 0.3) is 22.6 Å². The van der Waals surface area contributed by atoms with Crippen molar-refractivity contribution < 1.29 is 9.52 Å². The molecule has 1 aromatic heterocycles. The summed E-state index contributed by atoms with van der Waals surface area (Å²) in [5.41, 5.74) is 5.81. The van der Waals surface area contributed by atoms with Crippen molar-refractivity contribution in [3.8, 4) is 17.2 Å². The van der Waals surface area contributed by atoms with Gasteiger partial charge in [0.1, 0.15) is 11.3 Å². The van der Waals surface area contributed by atoms with Crippen molar-refractivity contribution in [3.63, 3.8) is 0 Å². The van der Waals surface area contributed by atoms with Crippen LogP contribution >= 0.6 is 27.5 Å². The molecule has 0 fully saturated rings. The molecular weight excluding hydrogens is 440 g/mol. The third-order valence-electron chi connectivity index (χ3n) is 4.40. The van der Waals surface area contributed by atoms with E-state index >= 15 is 0 Å². The molecule has 28 heavy (non-hydrogen) atoms. The van der Waals surface area contributed by atoms with Gasteiger partial charge in [-0.3, -0.25) is 4.99 Å². The maximum atomic E-state index is 10.1. The van der Waals surface area contributed by atoms with Crippen molar-refractivity contribution in [1.29, 1.82) is 0 Å². The van der Waals surface area contributed by atoms with Crippen molar-refractivity contribution in [2.75, 3.05) is 0 Å². The van der Waals surface area contributed by atoms with Gasteiger partial charge in [-0.15, -0.1) is 0 Å². The lowest BCUT2D eigenvalue weighted by Gasteiger charge is -2.05. The molecule has 1 N–H and O–H groups in total. The number of rotatable bonds is 3. The molecule has 0 saturated heterocycles. The van der Waals surface area contributed by atoms with Gasteiger partial charge in [-0.25, -0.2) is 4.98 Å². The Morgan fingerprint density at radius 2 is 1.93 bits per heavy atom. The van der Waals surface area contributed by atoms with Gasteiger partial charge in [-0.05, 0) is 61.4 Å². The summed E-state index contributed by atoms with van der Waals surface area (Å²) in [6, 6.07) is 15.2. The van der Waals surface area contributed by atoms with Gasteiger partial charge in [0.15, 0.2) is 5.58 Å². The van der Waals surface area contributed by atoms with Crippen LogP contribution in [0.3, 0.4) is 0 Å². The molecule has 0 spiro atoms. The van der Waals surface area contributed by atoms with E-state index in [1.165, 1.54) is 0 Å². The van der Waals surface area contributed by atoms with Crippen molar-refractivity contribution in [1.82, 2.24) is 4.98 Å². The SMILES string of the molecule is Cc1ccc2nc(-c3ccc(C)c(N=Cc4cc(Br)cc(Cl)c4O)c3)oc2c1. The van der Waals surface area contributed by atoms with Crippen LogP contribution in [-0.4, -0.2) is 16.3 Å². The summed E-state index contributed by atoms with van der Waals surface area (Å²) < 4.78 is 6.68. The largest absolute Gasteiger partial charge is 0.506 e. The second kappa shape index (κ2) is 7.41. The maximum Gasteiger partial charge on any atom is 0.227 e. The van der Waals surface area contributed by atoms with Gasteiger partial charge >= 0.3 is 0 Å². The molecule has 6 heteroatoms. The van der Waals surface area contributed by atoms with Crippen molar-refractivity contribution in [3.05, 3.63) is 74.7 Å². The normalized spacial score (nSPS) is 11.6. The Balaban J connectivity index is 1.73. The van der Waals surface area contributed by atoms with Crippen molar-refractivity contribution >= 4 is 50.5 Å². The Morgan fingerprint density at radius 3 is 2.75 bits per heavy atom. The average molecular weight is 456 g/mol. The predicted octanol–water partition coefficient (Wildman–Crippen LogP) is 6.98. The standard InChI is InChI=1S/C22H16BrClN2O2/c1-12-3-6-18-20(7-12)28-22(26-18)14-5-4-13(2)19(9-14)25-11-15-8-16(23)10-17(24)21(15)27/h3-11,27H,1-2H3. The number of benzene rings is 3. The van der Waals surface area contributed by atoms with Gasteiger partial charge < -0.3 is 9.52 Å². The fraction of sp³-hybridized carbons (Fsp3) is 0.0909. The van der Waals surface area contributed by atoms with Gasteiger partial charge in [0.25, 0.3) is 0 Å². The zero-order valence-electron chi connectivity index (χ0n) is 15.2. The molecule has 1 heterocycles. The molecule has 0 atom stereocenters. The Hall–Kier alpha value is -2.63. The fourth-order valence-electron chi connectivity index (χ4n) is 2.86. The Bertz CT molecular complexity index is 1230. The molecule has 0 bridgehead atoms. The number of nitrogens with zero attached hydrogens (tertiary/aromatic N) is 2. The second-order valence-electron chi connectivity index (χ2n) is 6.58. The molecule has 4 rings (SSSR count). The summed E-state index contributed by atoms with van der Waals surface area (Å²) >= 11 is 9.40. The summed E-state index contributed by atoms with van der Waals surface area (Å²) in [5.74, 6) is 0.544. The highest BCUT2D eigenvalue weighted by Gasteiger charge is 2.11. The third-order valence-corrected chi connectivity index (χ3v) is 5.15. The lowest BCUT2D eigenvalue weighted by Crippen LogP contribution is -1.85. The lowest BCUT2D eigenvalue weighted by molar-refractivity contribution is 0.474. The van der Waals surface area contributed by atoms with Gasteiger partial charge in [0, 0.05) is 21.8 Å². The number of phenols is 1.